The number of halogens is 1. The molecule has 2 aromatic carbocycles. The smallest absolute Gasteiger partial charge is 0.321 e. The number of thioether (sulfide) groups is 1. The lowest BCUT2D eigenvalue weighted by atomic mass is 10.1. The third kappa shape index (κ3) is 4.88. The molecule has 2 aliphatic rings. The Morgan fingerprint density at radius 1 is 0.969 bits per heavy atom. The molecule has 0 radical (unpaired) electrons. The molecule has 0 spiro atoms. The third-order valence-electron chi connectivity index (χ3n) is 5.83. The zero-order valence-electron chi connectivity index (χ0n) is 17.8. The van der Waals surface area contributed by atoms with Crippen molar-refractivity contribution in [2.45, 2.75) is 11.3 Å². The summed E-state index contributed by atoms with van der Waals surface area (Å²) >= 11 is 1.64. The van der Waals surface area contributed by atoms with Gasteiger partial charge in [0, 0.05) is 55.4 Å². The van der Waals surface area contributed by atoms with Crippen LogP contribution in [0.4, 0.5) is 20.6 Å². The van der Waals surface area contributed by atoms with E-state index < -0.39 is 0 Å². The van der Waals surface area contributed by atoms with E-state index in [2.05, 4.69) is 5.32 Å². The molecule has 9 heteroatoms. The lowest BCUT2D eigenvalue weighted by Gasteiger charge is -2.35. The molecule has 2 aliphatic heterocycles. The van der Waals surface area contributed by atoms with Gasteiger partial charge in [0.15, 0.2) is 0 Å². The van der Waals surface area contributed by atoms with Crippen molar-refractivity contribution in [2.75, 3.05) is 49.2 Å². The molecule has 0 saturated carbocycles. The van der Waals surface area contributed by atoms with Crippen molar-refractivity contribution in [3.63, 3.8) is 0 Å². The molecule has 32 heavy (non-hydrogen) atoms. The summed E-state index contributed by atoms with van der Waals surface area (Å²) in [5, 5.41) is 2.74. The van der Waals surface area contributed by atoms with E-state index in [0.29, 0.717) is 38.4 Å². The predicted octanol–water partition coefficient (Wildman–Crippen LogP) is 3.28. The molecule has 168 valence electrons. The minimum Gasteiger partial charge on any atom is -0.339 e. The summed E-state index contributed by atoms with van der Waals surface area (Å²) in [5.74, 6) is -0.823. The molecule has 0 aromatic heterocycles. The van der Waals surface area contributed by atoms with Crippen LogP contribution < -0.4 is 10.2 Å². The second-order valence-corrected chi connectivity index (χ2v) is 8.73. The van der Waals surface area contributed by atoms with Crippen LogP contribution in [0.5, 0.6) is 0 Å². The maximum absolute atomic E-state index is 13.0. The maximum Gasteiger partial charge on any atom is 0.321 e. The fourth-order valence-electron chi connectivity index (χ4n) is 4.01. The van der Waals surface area contributed by atoms with Crippen molar-refractivity contribution in [2.24, 2.45) is 5.92 Å². The second-order valence-electron chi connectivity index (χ2n) is 7.85. The number of nitrogens with zero attached hydrogens (tertiary/aromatic N) is 3. The number of carbonyl (C=O) groups excluding carboxylic acids is 3. The van der Waals surface area contributed by atoms with Crippen LogP contribution in [-0.2, 0) is 9.59 Å². The number of hydrogen-bond acceptors (Lipinski definition) is 4. The summed E-state index contributed by atoms with van der Waals surface area (Å²) in [4.78, 5) is 44.1. The Morgan fingerprint density at radius 2 is 1.59 bits per heavy atom. The summed E-state index contributed by atoms with van der Waals surface area (Å²) in [6.07, 6.45) is 2.20. The number of rotatable bonds is 4. The summed E-state index contributed by atoms with van der Waals surface area (Å²) in [7, 11) is 0. The normalized spacial score (nSPS) is 18.8. The fraction of sp³-hybridized carbons (Fsp3) is 0.348. The second kappa shape index (κ2) is 9.60. The highest BCUT2D eigenvalue weighted by Crippen LogP contribution is 2.28. The van der Waals surface area contributed by atoms with E-state index in [4.69, 9.17) is 0 Å². The van der Waals surface area contributed by atoms with Gasteiger partial charge < -0.3 is 20.0 Å². The van der Waals surface area contributed by atoms with Crippen molar-refractivity contribution < 1.29 is 18.8 Å². The largest absolute Gasteiger partial charge is 0.339 e. The van der Waals surface area contributed by atoms with Gasteiger partial charge in [-0.2, -0.15) is 0 Å². The van der Waals surface area contributed by atoms with E-state index in [1.807, 2.05) is 30.5 Å². The number of benzene rings is 2. The van der Waals surface area contributed by atoms with Gasteiger partial charge in [-0.3, -0.25) is 9.59 Å². The lowest BCUT2D eigenvalue weighted by Crippen LogP contribution is -2.53. The van der Waals surface area contributed by atoms with E-state index in [9.17, 15) is 18.8 Å². The summed E-state index contributed by atoms with van der Waals surface area (Å²) < 4.78 is 13.0. The highest BCUT2D eigenvalue weighted by molar-refractivity contribution is 7.98. The van der Waals surface area contributed by atoms with Crippen LogP contribution in [-0.4, -0.2) is 66.6 Å². The number of anilines is 2. The molecule has 4 rings (SSSR count). The molecule has 2 aromatic rings. The average molecular weight is 457 g/mol. The Balaban J connectivity index is 1.29. The van der Waals surface area contributed by atoms with E-state index in [1.54, 1.807) is 26.5 Å². The Hall–Kier alpha value is -3.07. The Kier molecular flexibility index (Phi) is 6.64. The van der Waals surface area contributed by atoms with Gasteiger partial charge in [0.25, 0.3) is 0 Å². The zero-order valence-corrected chi connectivity index (χ0v) is 18.6. The number of amides is 4. The molecule has 2 fully saturated rings. The number of piperazine rings is 1. The highest BCUT2D eigenvalue weighted by atomic mass is 32.2. The molecule has 1 N–H and O–H groups in total. The van der Waals surface area contributed by atoms with Gasteiger partial charge in [-0.15, -0.1) is 11.8 Å². The Labute approximate surface area is 190 Å². The van der Waals surface area contributed by atoms with Gasteiger partial charge in [0.2, 0.25) is 11.8 Å². The van der Waals surface area contributed by atoms with Crippen molar-refractivity contribution in [3.05, 3.63) is 54.3 Å². The minimum absolute atomic E-state index is 0.0415. The van der Waals surface area contributed by atoms with E-state index >= 15 is 0 Å². The molecule has 2 saturated heterocycles. The first-order valence-electron chi connectivity index (χ1n) is 10.5. The first-order chi connectivity index (χ1) is 15.4. The first-order valence-corrected chi connectivity index (χ1v) is 11.7. The average Bonchev–Trinajstić information content (AvgIpc) is 3.21. The minimum atomic E-state index is -0.373. The van der Waals surface area contributed by atoms with Gasteiger partial charge in [0.1, 0.15) is 5.82 Å². The quantitative estimate of drug-likeness (QED) is 0.717. The molecule has 1 atom stereocenters. The fourth-order valence-corrected chi connectivity index (χ4v) is 4.42. The van der Waals surface area contributed by atoms with Crippen LogP contribution in [0.25, 0.3) is 0 Å². The van der Waals surface area contributed by atoms with Crippen molar-refractivity contribution >= 4 is 41.0 Å². The van der Waals surface area contributed by atoms with E-state index in [-0.39, 0.29) is 36.0 Å². The van der Waals surface area contributed by atoms with Crippen LogP contribution >= 0.6 is 11.8 Å². The number of hydrogen-bond donors (Lipinski definition) is 1. The van der Waals surface area contributed by atoms with Gasteiger partial charge in [0.05, 0.1) is 5.92 Å². The monoisotopic (exact) mass is 456 g/mol. The maximum atomic E-state index is 13.0. The molecule has 1 unspecified atom stereocenters. The molecule has 2 heterocycles. The highest BCUT2D eigenvalue weighted by Gasteiger charge is 2.38. The SMILES string of the molecule is CSc1ccc(N2CC(C(=O)N3CCN(C(=O)Nc4ccc(F)cc4)CC3)CC2=O)cc1. The van der Waals surface area contributed by atoms with Gasteiger partial charge in [-0.25, -0.2) is 9.18 Å². The summed E-state index contributed by atoms with van der Waals surface area (Å²) in [5.41, 5.74) is 1.33. The van der Waals surface area contributed by atoms with Crippen LogP contribution in [0.1, 0.15) is 6.42 Å². The van der Waals surface area contributed by atoms with E-state index in [1.165, 1.54) is 24.3 Å². The van der Waals surface area contributed by atoms with Crippen molar-refractivity contribution in [3.8, 4) is 0 Å². The standard InChI is InChI=1S/C23H25FN4O3S/c1-32-20-8-6-19(7-9-20)28-15-16(14-21(28)29)22(30)26-10-12-27(13-11-26)23(31)25-18-4-2-17(24)3-5-18/h2-9,16H,10-15H2,1H3,(H,25,31). The molecular weight excluding hydrogens is 431 g/mol. The van der Waals surface area contributed by atoms with Crippen LogP contribution in [0.15, 0.2) is 53.4 Å². The molecule has 7 nitrogen and oxygen atoms in total. The summed E-state index contributed by atoms with van der Waals surface area (Å²) in [6, 6.07) is 13.1. The van der Waals surface area contributed by atoms with Gasteiger partial charge >= 0.3 is 6.03 Å². The molecule has 0 bridgehead atoms. The molecule has 4 amide bonds. The third-order valence-corrected chi connectivity index (χ3v) is 6.58. The number of carbonyl (C=O) groups is 3. The van der Waals surface area contributed by atoms with Crippen molar-refractivity contribution in [1.82, 2.24) is 9.80 Å². The number of nitrogens with one attached hydrogen (secondary N) is 1. The lowest BCUT2D eigenvalue weighted by molar-refractivity contribution is -0.137. The first kappa shape index (κ1) is 22.1. The van der Waals surface area contributed by atoms with Gasteiger partial charge in [-0.05, 0) is 54.8 Å². The van der Waals surface area contributed by atoms with E-state index in [0.717, 1.165) is 10.6 Å². The van der Waals surface area contributed by atoms with Crippen LogP contribution in [0, 0.1) is 11.7 Å². The van der Waals surface area contributed by atoms with Crippen LogP contribution in [0.2, 0.25) is 0 Å². The zero-order chi connectivity index (χ0) is 22.7. The van der Waals surface area contributed by atoms with Gasteiger partial charge in [-0.1, -0.05) is 0 Å². The topological polar surface area (TPSA) is 73.0 Å². The summed E-state index contributed by atoms with van der Waals surface area (Å²) in [6.45, 7) is 2.02. The molecular formula is C23H25FN4O3S. The number of urea groups is 1. The van der Waals surface area contributed by atoms with Crippen molar-refractivity contribution in [1.29, 1.82) is 0 Å². The van der Waals surface area contributed by atoms with Crippen LogP contribution in [0.3, 0.4) is 0 Å². The molecule has 0 aliphatic carbocycles. The Morgan fingerprint density at radius 3 is 2.22 bits per heavy atom. The Bertz CT molecular complexity index is 991. The predicted molar refractivity (Wildman–Crippen MR) is 122 cm³/mol.